The van der Waals surface area contributed by atoms with Crippen molar-refractivity contribution in [1.82, 2.24) is 9.97 Å². The van der Waals surface area contributed by atoms with Gasteiger partial charge in [0.1, 0.15) is 11.4 Å². The lowest BCUT2D eigenvalue weighted by atomic mass is 9.74. The number of methoxy groups -OCH3 is 1. The van der Waals surface area contributed by atoms with Crippen LogP contribution >= 0.6 is 0 Å². The summed E-state index contributed by atoms with van der Waals surface area (Å²) in [7, 11) is 1.68. The Morgan fingerprint density at radius 3 is 2.75 bits per heavy atom. The van der Waals surface area contributed by atoms with Crippen LogP contribution < -0.4 is 9.64 Å². The number of imidazole rings is 1. The summed E-state index contributed by atoms with van der Waals surface area (Å²) < 4.78 is 11.3. The largest absolute Gasteiger partial charge is 0.497 e. The monoisotopic (exact) mass is 427 g/mol. The van der Waals surface area contributed by atoms with Crippen molar-refractivity contribution >= 4 is 23.0 Å². The van der Waals surface area contributed by atoms with E-state index in [1.165, 1.54) is 0 Å². The molecule has 6 nitrogen and oxygen atoms in total. The maximum atomic E-state index is 12.4. The number of H-pyrrole nitrogens is 1. The maximum absolute atomic E-state index is 12.4. The smallest absolute Gasteiger partial charge is 0.314 e. The number of esters is 1. The van der Waals surface area contributed by atoms with Gasteiger partial charge in [0.2, 0.25) is 5.95 Å². The fourth-order valence-electron chi connectivity index (χ4n) is 5.33. The van der Waals surface area contributed by atoms with Crippen LogP contribution in [-0.4, -0.2) is 41.7 Å². The van der Waals surface area contributed by atoms with Crippen LogP contribution in [0.3, 0.4) is 0 Å². The molecule has 3 aliphatic rings. The summed E-state index contributed by atoms with van der Waals surface area (Å²) in [5.41, 5.74) is 3.79. The van der Waals surface area contributed by atoms with E-state index in [1.807, 2.05) is 36.4 Å². The van der Waals surface area contributed by atoms with E-state index in [0.29, 0.717) is 0 Å². The Balaban J connectivity index is 1.23. The van der Waals surface area contributed by atoms with E-state index in [-0.39, 0.29) is 23.4 Å². The van der Waals surface area contributed by atoms with E-state index >= 15 is 0 Å². The Morgan fingerprint density at radius 2 is 1.91 bits per heavy atom. The zero-order valence-corrected chi connectivity index (χ0v) is 18.0. The number of ether oxygens (including phenoxy) is 2. The highest BCUT2D eigenvalue weighted by Crippen LogP contribution is 2.47. The van der Waals surface area contributed by atoms with Crippen LogP contribution in [0.2, 0.25) is 0 Å². The second-order valence-corrected chi connectivity index (χ2v) is 8.82. The van der Waals surface area contributed by atoms with Gasteiger partial charge in [-0.2, -0.15) is 0 Å². The van der Waals surface area contributed by atoms with Crippen molar-refractivity contribution in [3.8, 4) is 16.9 Å². The van der Waals surface area contributed by atoms with E-state index < -0.39 is 0 Å². The first kappa shape index (κ1) is 19.2. The molecule has 1 N–H and O–H groups in total. The average molecular weight is 428 g/mol. The molecule has 0 bridgehead atoms. The quantitative estimate of drug-likeness (QED) is 0.624. The molecule has 1 spiro atoms. The van der Waals surface area contributed by atoms with Crippen molar-refractivity contribution in [2.45, 2.75) is 18.4 Å². The summed E-state index contributed by atoms with van der Waals surface area (Å²) >= 11 is 0. The molecule has 0 amide bonds. The normalized spacial score (nSPS) is 23.5. The van der Waals surface area contributed by atoms with Gasteiger partial charge in [-0.15, -0.1) is 0 Å². The minimum Gasteiger partial charge on any atom is -0.497 e. The number of aromatic amines is 1. The lowest BCUT2D eigenvalue weighted by Crippen LogP contribution is -2.48. The highest BCUT2D eigenvalue weighted by Gasteiger charge is 2.55. The SMILES string of the molecule is COc1cccc(-c2ccc3nc(N4CCC5(CC4)OC(=O)C4C=CC=CC45)[nH]c3c2)c1. The van der Waals surface area contributed by atoms with Gasteiger partial charge in [0.25, 0.3) is 0 Å². The molecule has 2 atom stereocenters. The number of nitrogens with one attached hydrogen (secondary N) is 1. The number of carbonyl (C=O) groups is 1. The number of piperidine rings is 1. The molecule has 2 unspecified atom stereocenters. The summed E-state index contributed by atoms with van der Waals surface area (Å²) in [6, 6.07) is 14.3. The molecule has 2 saturated heterocycles. The van der Waals surface area contributed by atoms with Crippen LogP contribution in [0, 0.1) is 11.8 Å². The van der Waals surface area contributed by atoms with Crippen molar-refractivity contribution < 1.29 is 14.3 Å². The van der Waals surface area contributed by atoms with Crippen LogP contribution in [0.25, 0.3) is 22.2 Å². The van der Waals surface area contributed by atoms with Gasteiger partial charge in [0, 0.05) is 31.8 Å². The Bertz CT molecular complexity index is 1250. The summed E-state index contributed by atoms with van der Waals surface area (Å²) in [4.78, 5) is 23.0. The molecule has 3 heterocycles. The molecule has 162 valence electrons. The van der Waals surface area contributed by atoms with Gasteiger partial charge < -0.3 is 19.4 Å². The van der Waals surface area contributed by atoms with Gasteiger partial charge in [0.05, 0.1) is 24.1 Å². The molecule has 2 aliphatic heterocycles. The van der Waals surface area contributed by atoms with Crippen LogP contribution in [0.15, 0.2) is 66.8 Å². The number of benzene rings is 2. The van der Waals surface area contributed by atoms with Crippen LogP contribution in [0.1, 0.15) is 12.8 Å². The lowest BCUT2D eigenvalue weighted by Gasteiger charge is -2.41. The van der Waals surface area contributed by atoms with Gasteiger partial charge in [-0.3, -0.25) is 4.79 Å². The lowest BCUT2D eigenvalue weighted by molar-refractivity contribution is -0.151. The van der Waals surface area contributed by atoms with Gasteiger partial charge in [0.15, 0.2) is 0 Å². The van der Waals surface area contributed by atoms with Crippen molar-refractivity contribution in [2.75, 3.05) is 25.1 Å². The third-order valence-corrected chi connectivity index (χ3v) is 7.10. The van der Waals surface area contributed by atoms with E-state index in [0.717, 1.165) is 59.8 Å². The molecule has 0 radical (unpaired) electrons. The van der Waals surface area contributed by atoms with Gasteiger partial charge >= 0.3 is 5.97 Å². The second-order valence-electron chi connectivity index (χ2n) is 8.82. The number of allylic oxidation sites excluding steroid dienone is 2. The second kappa shape index (κ2) is 7.26. The van der Waals surface area contributed by atoms with Gasteiger partial charge in [-0.25, -0.2) is 4.98 Å². The van der Waals surface area contributed by atoms with E-state index in [1.54, 1.807) is 7.11 Å². The van der Waals surface area contributed by atoms with E-state index in [2.05, 4.69) is 40.2 Å². The molecule has 6 heteroatoms. The van der Waals surface area contributed by atoms with Crippen molar-refractivity contribution in [3.63, 3.8) is 0 Å². The number of nitrogens with zero attached hydrogens (tertiary/aromatic N) is 2. The highest BCUT2D eigenvalue weighted by atomic mass is 16.6. The first-order chi connectivity index (χ1) is 15.6. The van der Waals surface area contributed by atoms with E-state index in [4.69, 9.17) is 14.5 Å². The molecular formula is C26H25N3O3. The van der Waals surface area contributed by atoms with Crippen molar-refractivity contribution in [2.24, 2.45) is 11.8 Å². The highest BCUT2D eigenvalue weighted by molar-refractivity contribution is 5.84. The molecule has 3 aromatic rings. The number of hydrogen-bond acceptors (Lipinski definition) is 5. The maximum Gasteiger partial charge on any atom is 0.314 e. The Kier molecular flexibility index (Phi) is 4.35. The number of hydrogen-bond donors (Lipinski definition) is 1. The molecule has 1 aromatic heterocycles. The predicted octanol–water partition coefficient (Wildman–Crippen LogP) is 4.49. The topological polar surface area (TPSA) is 67.5 Å². The summed E-state index contributed by atoms with van der Waals surface area (Å²) in [5.74, 6) is 1.64. The molecule has 32 heavy (non-hydrogen) atoms. The summed E-state index contributed by atoms with van der Waals surface area (Å²) in [5, 5.41) is 0. The predicted molar refractivity (Wildman–Crippen MR) is 124 cm³/mol. The Morgan fingerprint density at radius 1 is 1.09 bits per heavy atom. The zero-order valence-electron chi connectivity index (χ0n) is 18.0. The average Bonchev–Trinajstić information content (AvgIpc) is 3.38. The number of aromatic nitrogens is 2. The molecule has 0 saturated carbocycles. The molecular weight excluding hydrogens is 402 g/mol. The van der Waals surface area contributed by atoms with Gasteiger partial charge in [-0.05, 0) is 35.4 Å². The molecule has 1 aliphatic carbocycles. The third kappa shape index (κ3) is 3.01. The minimum absolute atomic E-state index is 0.0853. The third-order valence-electron chi connectivity index (χ3n) is 7.10. The Labute approximate surface area is 186 Å². The number of anilines is 1. The first-order valence-electron chi connectivity index (χ1n) is 11.1. The number of rotatable bonds is 3. The van der Waals surface area contributed by atoms with Crippen LogP contribution in [0.4, 0.5) is 5.95 Å². The standard InChI is InChI=1S/C26H25N3O3/c1-31-19-6-4-5-17(15-19)18-9-10-22-23(16-18)28-25(27-22)29-13-11-26(12-14-29)21-8-3-2-7-20(21)24(30)32-26/h2-10,15-16,20-21H,11-14H2,1H3,(H,27,28). The van der Waals surface area contributed by atoms with Crippen molar-refractivity contribution in [3.05, 3.63) is 66.8 Å². The summed E-state index contributed by atoms with van der Waals surface area (Å²) in [6.07, 6.45) is 9.73. The minimum atomic E-state index is -0.384. The van der Waals surface area contributed by atoms with Gasteiger partial charge in [-0.1, -0.05) is 42.5 Å². The fourth-order valence-corrected chi connectivity index (χ4v) is 5.33. The molecule has 2 fully saturated rings. The zero-order chi connectivity index (χ0) is 21.7. The van der Waals surface area contributed by atoms with Crippen molar-refractivity contribution in [1.29, 1.82) is 0 Å². The molecule has 6 rings (SSSR count). The van der Waals surface area contributed by atoms with Crippen LogP contribution in [-0.2, 0) is 9.53 Å². The van der Waals surface area contributed by atoms with Crippen LogP contribution in [0.5, 0.6) is 5.75 Å². The number of carbonyl (C=O) groups excluding carboxylic acids is 1. The molecule has 2 aromatic carbocycles. The van der Waals surface area contributed by atoms with E-state index in [9.17, 15) is 4.79 Å². The summed E-state index contributed by atoms with van der Waals surface area (Å²) in [6.45, 7) is 1.60. The number of fused-ring (bicyclic) bond motifs is 3. The fraction of sp³-hybridized carbons (Fsp3) is 0.308. The Hall–Kier alpha value is -3.54. The first-order valence-corrected chi connectivity index (χ1v) is 11.1.